The first-order valence-electron chi connectivity index (χ1n) is 10.8. The van der Waals surface area contributed by atoms with Gasteiger partial charge in [0.15, 0.2) is 0 Å². The van der Waals surface area contributed by atoms with Gasteiger partial charge >= 0.3 is 0 Å². The van der Waals surface area contributed by atoms with Crippen LogP contribution in [0.1, 0.15) is 12.8 Å². The highest BCUT2D eigenvalue weighted by atomic mass is 35.5. The van der Waals surface area contributed by atoms with Crippen molar-refractivity contribution in [3.8, 4) is 5.69 Å². The first-order chi connectivity index (χ1) is 16.0. The number of para-hydroxylation sites is 1. The summed E-state index contributed by atoms with van der Waals surface area (Å²) in [6.07, 6.45) is 4.17. The molecule has 1 saturated heterocycles. The van der Waals surface area contributed by atoms with Crippen molar-refractivity contribution in [2.24, 2.45) is 0 Å². The Kier molecular flexibility index (Phi) is 6.70. The number of aromatic nitrogens is 2. The van der Waals surface area contributed by atoms with Gasteiger partial charge in [-0.2, -0.15) is 0 Å². The summed E-state index contributed by atoms with van der Waals surface area (Å²) in [6, 6.07) is 21.8. The van der Waals surface area contributed by atoms with E-state index in [4.69, 9.17) is 23.2 Å². The first-order valence-corrected chi connectivity index (χ1v) is 13.6. The molecule has 3 aromatic carbocycles. The van der Waals surface area contributed by atoms with Gasteiger partial charge < -0.3 is 4.90 Å². The van der Waals surface area contributed by atoms with Gasteiger partial charge in [0.1, 0.15) is 0 Å². The third kappa shape index (κ3) is 4.67. The van der Waals surface area contributed by atoms with Crippen LogP contribution in [-0.4, -0.2) is 33.4 Å². The molecule has 8 heteroatoms. The molecule has 170 valence electrons. The highest BCUT2D eigenvalue weighted by Crippen LogP contribution is 2.34. The van der Waals surface area contributed by atoms with Gasteiger partial charge in [-0.1, -0.05) is 35.3 Å². The number of rotatable bonds is 5. The second-order valence-electron chi connectivity index (χ2n) is 8.02. The molecule has 1 aliphatic rings. The van der Waals surface area contributed by atoms with Crippen LogP contribution in [0.3, 0.4) is 0 Å². The highest BCUT2D eigenvalue weighted by molar-refractivity contribution is 8.00. The third-order valence-electron chi connectivity index (χ3n) is 5.93. The Morgan fingerprint density at radius 2 is 1.55 bits per heavy atom. The minimum Gasteiger partial charge on any atom is -0.371 e. The number of hydrogen-bond acceptors (Lipinski definition) is 4. The second kappa shape index (κ2) is 9.71. The van der Waals surface area contributed by atoms with Crippen molar-refractivity contribution in [3.63, 3.8) is 0 Å². The zero-order chi connectivity index (χ0) is 22.9. The van der Waals surface area contributed by atoms with Gasteiger partial charge in [0, 0.05) is 45.2 Å². The van der Waals surface area contributed by atoms with E-state index in [-0.39, 0.29) is 5.56 Å². The summed E-state index contributed by atoms with van der Waals surface area (Å²) in [6.45, 7) is 1.96. The third-order valence-corrected chi connectivity index (χ3v) is 8.42. The number of benzene rings is 3. The van der Waals surface area contributed by atoms with Crippen LogP contribution in [0.2, 0.25) is 10.0 Å². The maximum atomic E-state index is 13.0. The van der Waals surface area contributed by atoms with Crippen LogP contribution in [0.25, 0.3) is 16.6 Å². The molecule has 4 aromatic rings. The van der Waals surface area contributed by atoms with Crippen molar-refractivity contribution in [2.45, 2.75) is 23.0 Å². The number of nitrogens with zero attached hydrogens (tertiary/aromatic N) is 3. The predicted molar refractivity (Wildman–Crippen MR) is 144 cm³/mol. The van der Waals surface area contributed by atoms with Crippen LogP contribution < -0.4 is 10.5 Å². The average Bonchev–Trinajstić information content (AvgIpc) is 3.11. The van der Waals surface area contributed by atoms with Gasteiger partial charge in [-0.3, -0.25) is 4.79 Å². The van der Waals surface area contributed by atoms with E-state index in [9.17, 15) is 4.79 Å². The molecule has 1 aromatic heterocycles. The van der Waals surface area contributed by atoms with Gasteiger partial charge in [0.25, 0.3) is 5.56 Å². The van der Waals surface area contributed by atoms with Crippen LogP contribution in [0, 0.1) is 0 Å². The number of anilines is 1. The van der Waals surface area contributed by atoms with Crippen molar-refractivity contribution in [1.82, 2.24) is 8.77 Å². The normalized spacial score (nSPS) is 14.8. The van der Waals surface area contributed by atoms with E-state index in [1.54, 1.807) is 10.7 Å². The van der Waals surface area contributed by atoms with Crippen LogP contribution in [0.5, 0.6) is 0 Å². The van der Waals surface area contributed by atoms with Crippen molar-refractivity contribution in [1.29, 1.82) is 0 Å². The Morgan fingerprint density at radius 3 is 2.21 bits per heavy atom. The Morgan fingerprint density at radius 1 is 0.879 bits per heavy atom. The minimum absolute atomic E-state index is 0.00819. The molecule has 0 N–H and O–H groups in total. The van der Waals surface area contributed by atoms with Crippen LogP contribution in [-0.2, 0) is 0 Å². The van der Waals surface area contributed by atoms with Crippen molar-refractivity contribution < 1.29 is 0 Å². The van der Waals surface area contributed by atoms with Crippen LogP contribution >= 0.6 is 46.9 Å². The first kappa shape index (κ1) is 22.8. The summed E-state index contributed by atoms with van der Waals surface area (Å²) < 4.78 is 3.70. The molecule has 0 atom stereocenters. The number of hydrogen-bond donors (Lipinski definition) is 0. The molecule has 0 spiro atoms. The Hall–Kier alpha value is -1.99. The topological polar surface area (TPSA) is 30.2 Å². The molecular weight excluding hydrogens is 493 g/mol. The Labute approximate surface area is 211 Å². The molecule has 4 nitrogen and oxygen atoms in total. The molecule has 5 rings (SSSR count). The van der Waals surface area contributed by atoms with Crippen LogP contribution in [0.15, 0.2) is 76.4 Å². The van der Waals surface area contributed by atoms with E-state index in [0.717, 1.165) is 48.2 Å². The lowest BCUT2D eigenvalue weighted by molar-refractivity contribution is 0.591. The zero-order valence-electron chi connectivity index (χ0n) is 18.1. The summed E-state index contributed by atoms with van der Waals surface area (Å²) >= 11 is 15.8. The molecular formula is C25H23Cl2N3OS2. The summed E-state index contributed by atoms with van der Waals surface area (Å²) in [5, 5.41) is 2.64. The monoisotopic (exact) mass is 515 g/mol. The van der Waals surface area contributed by atoms with Crippen molar-refractivity contribution in [2.75, 3.05) is 24.2 Å². The molecule has 1 fully saturated rings. The average molecular weight is 517 g/mol. The highest BCUT2D eigenvalue weighted by Gasteiger charge is 2.21. The number of halogens is 2. The number of thioether (sulfide) groups is 1. The summed E-state index contributed by atoms with van der Waals surface area (Å²) in [5.74, 6) is 0. The lowest BCUT2D eigenvalue weighted by atomic mass is 10.1. The number of piperidine rings is 1. The lowest BCUT2D eigenvalue weighted by Gasteiger charge is -2.33. The van der Waals surface area contributed by atoms with E-state index in [2.05, 4.69) is 17.0 Å². The SMILES string of the molecule is CSn1c2ccccc2c(=O)n1-c1ccc(SC2CCN(c3cc(Cl)cc(Cl)c3)CC2)cc1. The quantitative estimate of drug-likeness (QED) is 0.286. The molecule has 2 heterocycles. The van der Waals surface area contributed by atoms with E-state index in [0.29, 0.717) is 15.3 Å². The van der Waals surface area contributed by atoms with Gasteiger partial charge in [0.05, 0.1) is 16.6 Å². The molecule has 0 saturated carbocycles. The Balaban J connectivity index is 1.28. The van der Waals surface area contributed by atoms with Gasteiger partial charge in [0.2, 0.25) is 0 Å². The van der Waals surface area contributed by atoms with Gasteiger partial charge in [-0.15, -0.1) is 11.8 Å². The molecule has 0 aliphatic carbocycles. The molecule has 0 radical (unpaired) electrons. The standard InChI is InChI=1S/C25H23Cl2N3OS2/c1-32-30-24-5-3-2-4-23(24)25(31)29(30)19-6-8-21(9-7-19)33-22-10-12-28(13-11-22)20-15-17(26)14-18(27)16-20/h2-9,14-16,22H,10-13H2,1H3. The number of fused-ring (bicyclic) bond motifs is 1. The van der Waals surface area contributed by atoms with E-state index in [1.807, 2.05) is 70.6 Å². The molecule has 0 amide bonds. The lowest BCUT2D eigenvalue weighted by Crippen LogP contribution is -2.34. The maximum absolute atomic E-state index is 13.0. The van der Waals surface area contributed by atoms with Gasteiger partial charge in [-0.25, -0.2) is 8.77 Å². The van der Waals surface area contributed by atoms with Crippen LogP contribution in [0.4, 0.5) is 5.69 Å². The van der Waals surface area contributed by atoms with Crippen molar-refractivity contribution >= 4 is 63.5 Å². The zero-order valence-corrected chi connectivity index (χ0v) is 21.2. The largest absolute Gasteiger partial charge is 0.371 e. The smallest absolute Gasteiger partial charge is 0.280 e. The maximum Gasteiger partial charge on any atom is 0.280 e. The van der Waals surface area contributed by atoms with E-state index < -0.39 is 0 Å². The van der Waals surface area contributed by atoms with E-state index in [1.165, 1.54) is 16.8 Å². The second-order valence-corrected chi connectivity index (χ2v) is 11.0. The molecule has 0 bridgehead atoms. The summed E-state index contributed by atoms with van der Waals surface area (Å²) in [4.78, 5) is 16.6. The summed E-state index contributed by atoms with van der Waals surface area (Å²) in [7, 11) is 0. The fourth-order valence-corrected chi connectivity index (χ4v) is 6.67. The van der Waals surface area contributed by atoms with E-state index >= 15 is 0 Å². The molecule has 33 heavy (non-hydrogen) atoms. The predicted octanol–water partition coefficient (Wildman–Crippen LogP) is 6.99. The fourth-order valence-electron chi connectivity index (χ4n) is 4.34. The molecule has 0 unspecified atom stereocenters. The van der Waals surface area contributed by atoms with Crippen molar-refractivity contribution in [3.05, 3.63) is 87.1 Å². The minimum atomic E-state index is 0.00819. The summed E-state index contributed by atoms with van der Waals surface area (Å²) in [5.41, 5.74) is 2.91. The molecule has 1 aliphatic heterocycles. The Bertz CT molecular complexity index is 1320. The fraction of sp³-hybridized carbons (Fsp3) is 0.240. The van der Waals surface area contributed by atoms with Gasteiger partial charge in [-0.05, 0) is 79.4 Å².